The van der Waals surface area contributed by atoms with Crippen LogP contribution in [0.4, 0.5) is 5.69 Å². The monoisotopic (exact) mass is 297 g/mol. The van der Waals surface area contributed by atoms with E-state index in [-0.39, 0.29) is 29.3 Å². The number of nitrogens with two attached hydrogens (primary N) is 1. The highest BCUT2D eigenvalue weighted by Crippen LogP contribution is 2.33. The Labute approximate surface area is 128 Å². The molecule has 0 aromatic heterocycles. The number of Topliss-reactive ketones (excluding diaryl/α,β-unsaturated/α-hetero) is 1. The summed E-state index contributed by atoms with van der Waals surface area (Å²) in [5, 5.41) is 9.03. The maximum Gasteiger partial charge on any atom is 0.265 e. The zero-order valence-corrected chi connectivity index (χ0v) is 12.1. The first-order valence-electron chi connectivity index (χ1n) is 6.58. The van der Waals surface area contributed by atoms with Crippen LogP contribution in [0, 0.1) is 11.3 Å². The molecular weight excluding hydrogens is 282 g/mol. The molecular formula is C16H15N3O3. The molecule has 112 valence electrons. The van der Waals surface area contributed by atoms with Crippen molar-refractivity contribution in [3.05, 3.63) is 47.7 Å². The third kappa shape index (κ3) is 2.69. The third-order valence-corrected chi connectivity index (χ3v) is 3.21. The standard InChI is InChI=1S/C16H15N3O3/c1-3-6-19-13-7-11(16(21)12(8-17)10(2)18)4-5-14(13)22-9-15(19)20/h3-5,7H,1,6,9,18H2,2H3/b12-10-. The number of hydrogen-bond donors (Lipinski definition) is 1. The molecule has 0 saturated carbocycles. The summed E-state index contributed by atoms with van der Waals surface area (Å²) in [6, 6.07) is 6.48. The van der Waals surface area contributed by atoms with E-state index in [0.717, 1.165) is 0 Å². The van der Waals surface area contributed by atoms with Gasteiger partial charge in [-0.2, -0.15) is 5.26 Å². The van der Waals surface area contributed by atoms with E-state index in [4.69, 9.17) is 15.7 Å². The Morgan fingerprint density at radius 3 is 2.91 bits per heavy atom. The number of benzene rings is 1. The topological polar surface area (TPSA) is 96.4 Å². The molecule has 0 bridgehead atoms. The summed E-state index contributed by atoms with van der Waals surface area (Å²) in [5.74, 6) is -0.199. The molecule has 2 rings (SSSR count). The van der Waals surface area contributed by atoms with Crippen molar-refractivity contribution < 1.29 is 14.3 Å². The van der Waals surface area contributed by atoms with Crippen LogP contribution < -0.4 is 15.4 Å². The van der Waals surface area contributed by atoms with Crippen LogP contribution in [-0.4, -0.2) is 24.8 Å². The fourth-order valence-corrected chi connectivity index (χ4v) is 2.13. The normalized spacial score (nSPS) is 14.4. The largest absolute Gasteiger partial charge is 0.482 e. The molecule has 1 aliphatic heterocycles. The van der Waals surface area contributed by atoms with Gasteiger partial charge in [0.05, 0.1) is 5.69 Å². The fraction of sp³-hybridized carbons (Fsp3) is 0.188. The second kappa shape index (κ2) is 6.14. The molecule has 1 aromatic rings. The van der Waals surface area contributed by atoms with Crippen molar-refractivity contribution in [3.8, 4) is 11.8 Å². The third-order valence-electron chi connectivity index (χ3n) is 3.21. The van der Waals surface area contributed by atoms with Crippen LogP contribution in [0.25, 0.3) is 0 Å². The second-order valence-corrected chi connectivity index (χ2v) is 4.76. The minimum Gasteiger partial charge on any atom is -0.482 e. The molecule has 1 aromatic carbocycles. The van der Waals surface area contributed by atoms with Crippen LogP contribution >= 0.6 is 0 Å². The van der Waals surface area contributed by atoms with E-state index in [1.54, 1.807) is 24.3 Å². The van der Waals surface area contributed by atoms with Gasteiger partial charge in [0.15, 0.2) is 6.61 Å². The van der Waals surface area contributed by atoms with Gasteiger partial charge in [-0.05, 0) is 25.1 Å². The highest BCUT2D eigenvalue weighted by atomic mass is 16.5. The van der Waals surface area contributed by atoms with Crippen LogP contribution in [-0.2, 0) is 4.79 Å². The summed E-state index contributed by atoms with van der Waals surface area (Å²) >= 11 is 0. The minimum atomic E-state index is -0.484. The Kier molecular flexibility index (Phi) is 4.28. The molecule has 6 heteroatoms. The SMILES string of the molecule is C=CCN1C(=O)COc2ccc(C(=O)/C(C#N)=C(/C)N)cc21. The summed E-state index contributed by atoms with van der Waals surface area (Å²) in [7, 11) is 0. The number of ketones is 1. The Balaban J connectivity index is 2.49. The Bertz CT molecular complexity index is 725. The van der Waals surface area contributed by atoms with Crippen LogP contribution in [0.3, 0.4) is 0 Å². The van der Waals surface area contributed by atoms with Gasteiger partial charge in [0.25, 0.3) is 5.91 Å². The van der Waals surface area contributed by atoms with Crippen LogP contribution in [0.1, 0.15) is 17.3 Å². The Morgan fingerprint density at radius 2 is 2.32 bits per heavy atom. The van der Waals surface area contributed by atoms with Gasteiger partial charge < -0.3 is 15.4 Å². The van der Waals surface area contributed by atoms with Gasteiger partial charge in [-0.3, -0.25) is 9.59 Å². The first-order valence-corrected chi connectivity index (χ1v) is 6.58. The molecule has 6 nitrogen and oxygen atoms in total. The maximum atomic E-state index is 12.3. The van der Waals surface area contributed by atoms with E-state index in [1.807, 2.05) is 0 Å². The molecule has 1 aliphatic rings. The number of fused-ring (bicyclic) bond motifs is 1. The summed E-state index contributed by atoms with van der Waals surface area (Å²) in [5.41, 5.74) is 6.35. The van der Waals surface area contributed by atoms with E-state index in [2.05, 4.69) is 6.58 Å². The van der Waals surface area contributed by atoms with Gasteiger partial charge in [0, 0.05) is 17.8 Å². The first-order chi connectivity index (χ1) is 10.5. The predicted octanol–water partition coefficient (Wildman–Crippen LogP) is 1.54. The lowest BCUT2D eigenvalue weighted by molar-refractivity contribution is -0.121. The summed E-state index contributed by atoms with van der Waals surface area (Å²) < 4.78 is 5.34. The number of ether oxygens (including phenoxy) is 1. The Hall–Kier alpha value is -3.07. The van der Waals surface area contributed by atoms with Crippen molar-refractivity contribution in [2.45, 2.75) is 6.92 Å². The molecule has 0 fully saturated rings. The van der Waals surface area contributed by atoms with Gasteiger partial charge in [0.1, 0.15) is 17.4 Å². The highest BCUT2D eigenvalue weighted by molar-refractivity contribution is 6.12. The minimum absolute atomic E-state index is 0.0562. The van der Waals surface area contributed by atoms with Crippen molar-refractivity contribution in [1.29, 1.82) is 5.26 Å². The lowest BCUT2D eigenvalue weighted by atomic mass is 10.0. The summed E-state index contributed by atoms with van der Waals surface area (Å²) in [6.07, 6.45) is 1.59. The number of carbonyl (C=O) groups is 2. The second-order valence-electron chi connectivity index (χ2n) is 4.76. The molecule has 0 saturated heterocycles. The number of anilines is 1. The smallest absolute Gasteiger partial charge is 0.265 e. The average Bonchev–Trinajstić information content (AvgIpc) is 2.50. The van der Waals surface area contributed by atoms with Gasteiger partial charge >= 0.3 is 0 Å². The van der Waals surface area contributed by atoms with Crippen molar-refractivity contribution in [2.24, 2.45) is 5.73 Å². The van der Waals surface area contributed by atoms with Crippen molar-refractivity contribution in [2.75, 3.05) is 18.1 Å². The summed E-state index contributed by atoms with van der Waals surface area (Å²) in [4.78, 5) is 25.7. The molecule has 1 amide bonds. The lowest BCUT2D eigenvalue weighted by Gasteiger charge is -2.28. The number of hydrogen-bond acceptors (Lipinski definition) is 5. The number of amides is 1. The molecule has 2 N–H and O–H groups in total. The van der Waals surface area contributed by atoms with Gasteiger partial charge in [-0.15, -0.1) is 6.58 Å². The van der Waals surface area contributed by atoms with Crippen molar-refractivity contribution in [1.82, 2.24) is 0 Å². The number of nitriles is 1. The zero-order valence-electron chi connectivity index (χ0n) is 12.1. The van der Waals surface area contributed by atoms with Gasteiger partial charge in [0.2, 0.25) is 5.78 Å². The number of carbonyl (C=O) groups excluding carboxylic acids is 2. The zero-order chi connectivity index (χ0) is 16.3. The van der Waals surface area contributed by atoms with E-state index in [1.165, 1.54) is 17.9 Å². The van der Waals surface area contributed by atoms with Gasteiger partial charge in [-0.25, -0.2) is 0 Å². The molecule has 0 atom stereocenters. The Morgan fingerprint density at radius 1 is 1.59 bits per heavy atom. The predicted molar refractivity (Wildman–Crippen MR) is 81.3 cm³/mol. The highest BCUT2D eigenvalue weighted by Gasteiger charge is 2.26. The molecule has 0 spiro atoms. The molecule has 22 heavy (non-hydrogen) atoms. The average molecular weight is 297 g/mol. The van der Waals surface area contributed by atoms with E-state index in [9.17, 15) is 9.59 Å². The van der Waals surface area contributed by atoms with Crippen molar-refractivity contribution >= 4 is 17.4 Å². The van der Waals surface area contributed by atoms with E-state index < -0.39 is 5.78 Å². The van der Waals surface area contributed by atoms with E-state index >= 15 is 0 Å². The van der Waals surface area contributed by atoms with Crippen molar-refractivity contribution in [3.63, 3.8) is 0 Å². The number of rotatable bonds is 4. The van der Waals surface area contributed by atoms with Gasteiger partial charge in [-0.1, -0.05) is 6.08 Å². The maximum absolute atomic E-state index is 12.3. The molecule has 1 heterocycles. The fourth-order valence-electron chi connectivity index (χ4n) is 2.13. The van der Waals surface area contributed by atoms with Crippen LogP contribution in [0.5, 0.6) is 5.75 Å². The molecule has 0 unspecified atom stereocenters. The van der Waals surface area contributed by atoms with Crippen LogP contribution in [0.15, 0.2) is 42.1 Å². The number of allylic oxidation sites excluding steroid dienone is 2. The summed E-state index contributed by atoms with van der Waals surface area (Å²) in [6.45, 7) is 5.36. The number of nitrogens with zero attached hydrogens (tertiary/aromatic N) is 2. The first kappa shape index (κ1) is 15.3. The molecule has 0 radical (unpaired) electrons. The lowest BCUT2D eigenvalue weighted by Crippen LogP contribution is -2.38. The molecule has 0 aliphatic carbocycles. The van der Waals surface area contributed by atoms with E-state index in [0.29, 0.717) is 18.0 Å². The quantitative estimate of drug-likeness (QED) is 0.393. The van der Waals surface area contributed by atoms with Crippen LogP contribution in [0.2, 0.25) is 0 Å².